The van der Waals surface area contributed by atoms with Crippen LogP contribution in [0, 0.1) is 5.92 Å². The van der Waals surface area contributed by atoms with E-state index < -0.39 is 0 Å². The number of hydrogen-bond acceptors (Lipinski definition) is 2. The minimum Gasteiger partial charge on any atom is -0.392 e. The van der Waals surface area contributed by atoms with Crippen molar-refractivity contribution in [3.05, 3.63) is 41.7 Å². The van der Waals surface area contributed by atoms with Crippen molar-refractivity contribution in [3.8, 4) is 0 Å². The van der Waals surface area contributed by atoms with Gasteiger partial charge in [-0.15, -0.1) is 0 Å². The fourth-order valence-corrected chi connectivity index (χ4v) is 3.44. The highest BCUT2D eigenvalue weighted by Crippen LogP contribution is 2.39. The summed E-state index contributed by atoms with van der Waals surface area (Å²) in [6.07, 6.45) is 7.04. The van der Waals surface area contributed by atoms with E-state index in [0.717, 1.165) is 17.0 Å². The average molecular weight is 254 g/mol. The number of aromatic nitrogens is 1. The van der Waals surface area contributed by atoms with Gasteiger partial charge in [-0.3, -0.25) is 0 Å². The molecule has 19 heavy (non-hydrogen) atoms. The van der Waals surface area contributed by atoms with Crippen LogP contribution in [0.1, 0.15) is 24.0 Å². The highest BCUT2D eigenvalue weighted by Gasteiger charge is 2.28. The van der Waals surface area contributed by atoms with Crippen molar-refractivity contribution in [2.75, 3.05) is 13.1 Å². The van der Waals surface area contributed by atoms with Gasteiger partial charge in [0.05, 0.1) is 6.61 Å². The minimum atomic E-state index is 0.101. The molecular weight excluding hydrogens is 236 g/mol. The first-order valence-electron chi connectivity index (χ1n) is 7.02. The number of H-pyrrole nitrogens is 1. The third-order valence-corrected chi connectivity index (χ3v) is 4.53. The molecule has 2 aromatic rings. The third-order valence-electron chi connectivity index (χ3n) is 4.53. The van der Waals surface area contributed by atoms with Crippen molar-refractivity contribution in [1.29, 1.82) is 0 Å². The number of nitrogens with one attached hydrogen (secondary N) is 1. The second-order valence-corrected chi connectivity index (χ2v) is 5.64. The number of fused-ring (bicyclic) bond motifs is 3. The normalized spacial score (nSPS) is 19.2. The molecule has 4 heterocycles. The van der Waals surface area contributed by atoms with Crippen molar-refractivity contribution >= 4 is 16.5 Å². The van der Waals surface area contributed by atoms with Crippen molar-refractivity contribution in [2.45, 2.75) is 19.4 Å². The van der Waals surface area contributed by atoms with E-state index in [1.807, 2.05) is 12.1 Å². The Morgan fingerprint density at radius 1 is 1.26 bits per heavy atom. The van der Waals surface area contributed by atoms with Crippen molar-refractivity contribution in [3.63, 3.8) is 0 Å². The zero-order valence-corrected chi connectivity index (χ0v) is 10.9. The number of allylic oxidation sites excluding steroid dienone is 1. The van der Waals surface area contributed by atoms with Crippen LogP contribution in [0.5, 0.6) is 0 Å². The smallest absolute Gasteiger partial charge is 0.0682 e. The molecule has 1 aromatic carbocycles. The standard InChI is InChI=1S/C16H18N2O/c19-10-11-1-2-13-14(8-17-16(13)7-11)15-9-18-5-3-12(15)4-6-18/h1-2,7-9,12,17,19H,3-6,10H2. The van der Waals surface area contributed by atoms with Crippen LogP contribution in [0.4, 0.5) is 0 Å². The third kappa shape index (κ3) is 1.69. The molecule has 0 atom stereocenters. The van der Waals surface area contributed by atoms with E-state index in [1.54, 1.807) is 0 Å². The van der Waals surface area contributed by atoms with Gasteiger partial charge in [0.1, 0.15) is 0 Å². The summed E-state index contributed by atoms with van der Waals surface area (Å²) in [5, 5.41) is 10.5. The van der Waals surface area contributed by atoms with Gasteiger partial charge >= 0.3 is 0 Å². The first kappa shape index (κ1) is 11.1. The quantitative estimate of drug-likeness (QED) is 0.865. The molecule has 5 rings (SSSR count). The lowest BCUT2D eigenvalue weighted by atomic mass is 9.82. The van der Waals surface area contributed by atoms with E-state index in [0.29, 0.717) is 0 Å². The Kier molecular flexibility index (Phi) is 2.42. The molecule has 2 bridgehead atoms. The van der Waals surface area contributed by atoms with Gasteiger partial charge in [-0.05, 0) is 36.0 Å². The number of benzene rings is 1. The van der Waals surface area contributed by atoms with Crippen LogP contribution in [-0.2, 0) is 6.61 Å². The molecule has 3 nitrogen and oxygen atoms in total. The second-order valence-electron chi connectivity index (χ2n) is 5.64. The SMILES string of the molecule is OCc1ccc2c(C3=CN4CCC3CC4)c[nH]c2c1. The molecule has 1 fully saturated rings. The van der Waals surface area contributed by atoms with Crippen LogP contribution in [-0.4, -0.2) is 28.1 Å². The molecule has 0 saturated carbocycles. The summed E-state index contributed by atoms with van der Waals surface area (Å²) in [4.78, 5) is 5.79. The Morgan fingerprint density at radius 3 is 2.79 bits per heavy atom. The maximum Gasteiger partial charge on any atom is 0.0682 e. The Balaban J connectivity index is 1.83. The van der Waals surface area contributed by atoms with Gasteiger partial charge in [-0.25, -0.2) is 0 Å². The highest BCUT2D eigenvalue weighted by atomic mass is 16.3. The van der Waals surface area contributed by atoms with Gasteiger partial charge in [-0.1, -0.05) is 12.1 Å². The number of nitrogens with zero attached hydrogens (tertiary/aromatic N) is 1. The summed E-state index contributed by atoms with van der Waals surface area (Å²) in [5.74, 6) is 0.724. The van der Waals surface area contributed by atoms with E-state index in [4.69, 9.17) is 0 Å². The number of aliphatic hydroxyl groups excluding tert-OH is 1. The lowest BCUT2D eigenvalue weighted by Gasteiger charge is -2.39. The van der Waals surface area contributed by atoms with E-state index in [1.165, 1.54) is 42.5 Å². The molecule has 1 saturated heterocycles. The van der Waals surface area contributed by atoms with Crippen molar-refractivity contribution < 1.29 is 5.11 Å². The van der Waals surface area contributed by atoms with Gasteiger partial charge in [0, 0.05) is 42.0 Å². The maximum absolute atomic E-state index is 9.21. The van der Waals surface area contributed by atoms with Crippen LogP contribution < -0.4 is 0 Å². The number of rotatable bonds is 2. The minimum absolute atomic E-state index is 0.101. The van der Waals surface area contributed by atoms with E-state index in [-0.39, 0.29) is 6.61 Å². The summed E-state index contributed by atoms with van der Waals surface area (Å²) in [5.41, 5.74) is 4.91. The van der Waals surface area contributed by atoms with E-state index in [9.17, 15) is 5.11 Å². The summed E-state index contributed by atoms with van der Waals surface area (Å²) >= 11 is 0. The topological polar surface area (TPSA) is 39.3 Å². The molecule has 1 aromatic heterocycles. The Hall–Kier alpha value is -1.74. The van der Waals surface area contributed by atoms with Crippen molar-refractivity contribution in [2.24, 2.45) is 5.92 Å². The maximum atomic E-state index is 9.21. The molecule has 3 aliphatic rings. The van der Waals surface area contributed by atoms with Crippen LogP contribution in [0.25, 0.3) is 16.5 Å². The molecule has 3 aliphatic heterocycles. The Bertz CT molecular complexity index is 648. The average Bonchev–Trinajstić information content (AvgIpc) is 2.91. The largest absolute Gasteiger partial charge is 0.392 e. The van der Waals surface area contributed by atoms with E-state index in [2.05, 4.69) is 28.3 Å². The summed E-state index contributed by atoms with van der Waals surface area (Å²) in [6, 6.07) is 6.19. The highest BCUT2D eigenvalue weighted by molar-refractivity contribution is 5.93. The summed E-state index contributed by atoms with van der Waals surface area (Å²) < 4.78 is 0. The fraction of sp³-hybridized carbons (Fsp3) is 0.375. The molecule has 3 heteroatoms. The zero-order valence-electron chi connectivity index (χ0n) is 10.9. The molecule has 0 amide bonds. The number of hydrogen-bond donors (Lipinski definition) is 2. The molecule has 0 spiro atoms. The van der Waals surface area contributed by atoms with Crippen LogP contribution in [0.2, 0.25) is 0 Å². The Morgan fingerprint density at radius 2 is 2.11 bits per heavy atom. The number of piperidine rings is 1. The lowest BCUT2D eigenvalue weighted by molar-refractivity contribution is 0.252. The number of aliphatic hydroxyl groups is 1. The predicted octanol–water partition coefficient (Wildman–Crippen LogP) is 2.73. The zero-order chi connectivity index (χ0) is 12.8. The van der Waals surface area contributed by atoms with Gasteiger partial charge in [0.25, 0.3) is 0 Å². The van der Waals surface area contributed by atoms with Gasteiger partial charge in [0.2, 0.25) is 0 Å². The summed E-state index contributed by atoms with van der Waals surface area (Å²) in [7, 11) is 0. The van der Waals surface area contributed by atoms with Crippen LogP contribution in [0.15, 0.2) is 30.6 Å². The molecule has 2 N–H and O–H groups in total. The van der Waals surface area contributed by atoms with Crippen molar-refractivity contribution in [1.82, 2.24) is 9.88 Å². The molecule has 0 unspecified atom stereocenters. The summed E-state index contributed by atoms with van der Waals surface area (Å²) in [6.45, 7) is 2.53. The molecule has 0 aliphatic carbocycles. The second kappa shape index (κ2) is 4.14. The van der Waals surface area contributed by atoms with Crippen LogP contribution >= 0.6 is 0 Å². The first-order chi connectivity index (χ1) is 9.35. The lowest BCUT2D eigenvalue weighted by Crippen LogP contribution is -2.35. The molecular formula is C16H18N2O. The fourth-order valence-electron chi connectivity index (χ4n) is 3.44. The van der Waals surface area contributed by atoms with Gasteiger partial charge in [-0.2, -0.15) is 0 Å². The van der Waals surface area contributed by atoms with Crippen LogP contribution in [0.3, 0.4) is 0 Å². The van der Waals surface area contributed by atoms with E-state index >= 15 is 0 Å². The molecule has 0 radical (unpaired) electrons. The van der Waals surface area contributed by atoms with Gasteiger partial charge in [0.15, 0.2) is 0 Å². The number of aromatic amines is 1. The predicted molar refractivity (Wildman–Crippen MR) is 76.5 cm³/mol. The molecule has 98 valence electrons. The van der Waals surface area contributed by atoms with Gasteiger partial charge < -0.3 is 15.0 Å². The first-order valence-corrected chi connectivity index (χ1v) is 7.02. The monoisotopic (exact) mass is 254 g/mol. The Labute approximate surface area is 112 Å².